The van der Waals surface area contributed by atoms with Gasteiger partial charge in [0.15, 0.2) is 11.5 Å². The van der Waals surface area contributed by atoms with Crippen molar-refractivity contribution in [2.24, 2.45) is 17.2 Å². The average molecular weight is 348 g/mol. The van der Waals surface area contributed by atoms with Gasteiger partial charge < -0.3 is 10.4 Å². The van der Waals surface area contributed by atoms with E-state index in [2.05, 4.69) is 5.32 Å². The molecule has 0 aromatic heterocycles. The Bertz CT molecular complexity index is 788. The van der Waals surface area contributed by atoms with Crippen molar-refractivity contribution < 1.29 is 15.0 Å². The van der Waals surface area contributed by atoms with Gasteiger partial charge in [0, 0.05) is 35.5 Å². The number of nitro benzene ring substituents is 2. The van der Waals surface area contributed by atoms with E-state index in [1.54, 1.807) is 0 Å². The van der Waals surface area contributed by atoms with Crippen LogP contribution in [0.2, 0.25) is 0 Å². The predicted molar refractivity (Wildman–Crippen MR) is 89.0 cm³/mol. The molecule has 8 N–H and O–H groups in total. The third-order valence-electron chi connectivity index (χ3n) is 3.58. The zero-order valence-corrected chi connectivity index (χ0v) is 12.8. The van der Waals surface area contributed by atoms with Gasteiger partial charge in [0.2, 0.25) is 0 Å². The highest BCUT2D eigenvalue weighted by Gasteiger charge is 2.44. The SMILES string of the molecule is NC(N)(Nc1ccc([N+](=O)[O-])cc1)C(N)(O)c1ccc([N+](=O)[O-])cc1. The summed E-state index contributed by atoms with van der Waals surface area (Å²) in [5.74, 6) is -2.08. The summed E-state index contributed by atoms with van der Waals surface area (Å²) in [4.78, 5) is 20.1. The van der Waals surface area contributed by atoms with Gasteiger partial charge in [-0.05, 0) is 24.3 Å². The summed E-state index contributed by atoms with van der Waals surface area (Å²) < 4.78 is 0. The molecule has 0 aliphatic carbocycles. The summed E-state index contributed by atoms with van der Waals surface area (Å²) in [6, 6.07) is 9.88. The molecule has 1 unspecified atom stereocenters. The van der Waals surface area contributed by atoms with E-state index in [1.165, 1.54) is 36.4 Å². The van der Waals surface area contributed by atoms with E-state index in [0.717, 1.165) is 12.1 Å². The van der Waals surface area contributed by atoms with E-state index in [1.807, 2.05) is 0 Å². The molecule has 2 rings (SSSR count). The molecule has 0 aliphatic heterocycles. The molecule has 1 atom stereocenters. The summed E-state index contributed by atoms with van der Waals surface area (Å²) in [6.45, 7) is 0. The zero-order chi connectivity index (χ0) is 18.8. The summed E-state index contributed by atoms with van der Waals surface area (Å²) in [7, 11) is 0. The highest BCUT2D eigenvalue weighted by molar-refractivity contribution is 5.51. The molecule has 11 heteroatoms. The second kappa shape index (κ2) is 6.41. The van der Waals surface area contributed by atoms with Gasteiger partial charge in [-0.1, -0.05) is 0 Å². The topological polar surface area (TPSA) is 197 Å². The van der Waals surface area contributed by atoms with Crippen LogP contribution >= 0.6 is 0 Å². The van der Waals surface area contributed by atoms with Crippen molar-refractivity contribution in [1.82, 2.24) is 0 Å². The lowest BCUT2D eigenvalue weighted by atomic mass is 9.96. The third kappa shape index (κ3) is 3.70. The number of hydrogen-bond donors (Lipinski definition) is 5. The highest BCUT2D eigenvalue weighted by Crippen LogP contribution is 2.27. The molecule has 0 spiro atoms. The molecular weight excluding hydrogens is 332 g/mol. The van der Waals surface area contributed by atoms with E-state index < -0.39 is 21.4 Å². The Morgan fingerprint density at radius 1 is 0.840 bits per heavy atom. The molecule has 2 aromatic rings. The number of benzene rings is 2. The molecule has 11 nitrogen and oxygen atoms in total. The second-order valence-electron chi connectivity index (χ2n) is 5.37. The number of nitrogens with one attached hydrogen (secondary N) is 1. The van der Waals surface area contributed by atoms with E-state index in [0.29, 0.717) is 0 Å². The maximum atomic E-state index is 10.7. The Morgan fingerprint density at radius 2 is 1.24 bits per heavy atom. The predicted octanol–water partition coefficient (Wildman–Crippen LogP) is 0.290. The Kier molecular flexibility index (Phi) is 4.67. The van der Waals surface area contributed by atoms with Crippen LogP contribution in [0.5, 0.6) is 0 Å². The summed E-state index contributed by atoms with van der Waals surface area (Å²) in [5, 5.41) is 34.4. The second-order valence-corrected chi connectivity index (χ2v) is 5.37. The van der Waals surface area contributed by atoms with Crippen molar-refractivity contribution in [1.29, 1.82) is 0 Å². The Labute approximate surface area is 141 Å². The van der Waals surface area contributed by atoms with Crippen molar-refractivity contribution in [2.45, 2.75) is 11.5 Å². The summed E-state index contributed by atoms with van der Waals surface area (Å²) >= 11 is 0. The number of anilines is 1. The molecule has 0 fully saturated rings. The quantitative estimate of drug-likeness (QED) is 0.276. The first-order valence-corrected chi connectivity index (χ1v) is 6.91. The van der Waals surface area contributed by atoms with Crippen molar-refractivity contribution in [2.75, 3.05) is 5.32 Å². The third-order valence-corrected chi connectivity index (χ3v) is 3.58. The van der Waals surface area contributed by atoms with Crippen molar-refractivity contribution >= 4 is 17.1 Å². The van der Waals surface area contributed by atoms with Crippen molar-refractivity contribution in [3.8, 4) is 0 Å². The van der Waals surface area contributed by atoms with Crippen LogP contribution in [-0.4, -0.2) is 20.7 Å². The molecule has 0 heterocycles. The standard InChI is InChI=1S/C14H16N6O5/c15-13(21,9-1-5-11(6-2-9)19(22)23)14(16,17)18-10-3-7-12(8-4-10)20(24)25/h1-8,18,21H,15-17H2. The Hall–Kier alpha value is -3.12. The van der Waals surface area contributed by atoms with Crippen molar-refractivity contribution in [3.05, 3.63) is 74.3 Å². The fourth-order valence-corrected chi connectivity index (χ4v) is 2.08. The maximum absolute atomic E-state index is 10.7. The van der Waals surface area contributed by atoms with Crippen LogP contribution in [0.15, 0.2) is 48.5 Å². The molecular formula is C14H16N6O5. The van der Waals surface area contributed by atoms with Gasteiger partial charge in [-0.15, -0.1) is 0 Å². The fraction of sp³-hybridized carbons (Fsp3) is 0.143. The van der Waals surface area contributed by atoms with Gasteiger partial charge in [0.1, 0.15) is 0 Å². The molecule has 25 heavy (non-hydrogen) atoms. The molecule has 0 amide bonds. The van der Waals surface area contributed by atoms with Gasteiger partial charge in [0.25, 0.3) is 11.4 Å². The smallest absolute Gasteiger partial charge is 0.269 e. The Balaban J connectivity index is 2.26. The van der Waals surface area contributed by atoms with E-state index in [4.69, 9.17) is 17.2 Å². The van der Waals surface area contributed by atoms with Crippen LogP contribution in [0.1, 0.15) is 5.56 Å². The highest BCUT2D eigenvalue weighted by atomic mass is 16.6. The number of aliphatic hydroxyl groups is 1. The number of hydrogen-bond acceptors (Lipinski definition) is 9. The Morgan fingerprint density at radius 3 is 1.64 bits per heavy atom. The first-order chi connectivity index (χ1) is 11.5. The first kappa shape index (κ1) is 18.2. The largest absolute Gasteiger partial charge is 0.367 e. The fourth-order valence-electron chi connectivity index (χ4n) is 2.08. The van der Waals surface area contributed by atoms with Crippen LogP contribution in [-0.2, 0) is 5.72 Å². The first-order valence-electron chi connectivity index (χ1n) is 6.91. The number of nitro groups is 2. The van der Waals surface area contributed by atoms with Gasteiger partial charge in [0.05, 0.1) is 9.85 Å². The number of rotatable bonds is 6. The lowest BCUT2D eigenvalue weighted by Gasteiger charge is -2.40. The lowest BCUT2D eigenvalue weighted by molar-refractivity contribution is -0.385. The number of nitrogens with two attached hydrogens (primary N) is 3. The molecule has 0 aliphatic rings. The molecule has 132 valence electrons. The molecule has 0 saturated carbocycles. The minimum atomic E-state index is -2.30. The van der Waals surface area contributed by atoms with Gasteiger partial charge >= 0.3 is 0 Å². The van der Waals surface area contributed by atoms with E-state index >= 15 is 0 Å². The van der Waals surface area contributed by atoms with Crippen molar-refractivity contribution in [3.63, 3.8) is 0 Å². The van der Waals surface area contributed by atoms with Crippen LogP contribution < -0.4 is 22.5 Å². The molecule has 0 radical (unpaired) electrons. The van der Waals surface area contributed by atoms with E-state index in [9.17, 15) is 25.3 Å². The van der Waals surface area contributed by atoms with Gasteiger partial charge in [-0.25, -0.2) is 0 Å². The van der Waals surface area contributed by atoms with Crippen LogP contribution in [0, 0.1) is 20.2 Å². The monoisotopic (exact) mass is 348 g/mol. The zero-order valence-electron chi connectivity index (χ0n) is 12.8. The molecule has 2 aromatic carbocycles. The number of nitrogens with zero attached hydrogens (tertiary/aromatic N) is 2. The van der Waals surface area contributed by atoms with Gasteiger partial charge in [-0.3, -0.25) is 37.4 Å². The van der Waals surface area contributed by atoms with Crippen LogP contribution in [0.25, 0.3) is 0 Å². The van der Waals surface area contributed by atoms with Crippen LogP contribution in [0.3, 0.4) is 0 Å². The maximum Gasteiger partial charge on any atom is 0.269 e. The normalized spacial score (nSPS) is 13.8. The average Bonchev–Trinajstić information content (AvgIpc) is 2.54. The summed E-state index contributed by atoms with van der Waals surface area (Å²) in [6.07, 6.45) is 0. The molecule has 0 saturated heterocycles. The molecule has 0 bridgehead atoms. The van der Waals surface area contributed by atoms with Gasteiger partial charge in [-0.2, -0.15) is 0 Å². The lowest BCUT2D eigenvalue weighted by Crippen LogP contribution is -2.73. The summed E-state index contributed by atoms with van der Waals surface area (Å²) in [5.41, 5.74) is 15.3. The van der Waals surface area contributed by atoms with E-state index in [-0.39, 0.29) is 22.6 Å². The minimum absolute atomic E-state index is 0.0394. The minimum Gasteiger partial charge on any atom is -0.367 e. The van der Waals surface area contributed by atoms with Crippen LogP contribution in [0.4, 0.5) is 17.1 Å². The number of non-ortho nitro benzene ring substituents is 2.